The Hall–Kier alpha value is -1.10. The molecule has 6 heteroatoms. The molecule has 0 aromatic heterocycles. The van der Waals surface area contributed by atoms with Crippen molar-refractivity contribution in [2.75, 3.05) is 6.54 Å². The van der Waals surface area contributed by atoms with Crippen molar-refractivity contribution in [3.8, 4) is 0 Å². The van der Waals surface area contributed by atoms with Gasteiger partial charge < -0.3 is 10.6 Å². The average molecular weight is 228 g/mol. The molecule has 2 N–H and O–H groups in total. The van der Waals surface area contributed by atoms with Gasteiger partial charge in [-0.25, -0.2) is 15.0 Å². The van der Waals surface area contributed by atoms with Crippen LogP contribution in [0, 0.1) is 5.92 Å². The van der Waals surface area contributed by atoms with Gasteiger partial charge in [0.25, 0.3) is 0 Å². The summed E-state index contributed by atoms with van der Waals surface area (Å²) in [6.07, 6.45) is 1.57. The molecule has 0 spiro atoms. The van der Waals surface area contributed by atoms with Gasteiger partial charge in [-0.15, -0.1) is 0 Å². The normalized spacial score (nSPS) is 29.2. The molecular formula is C9H14ClN5. The molecule has 2 unspecified atom stereocenters. The van der Waals surface area contributed by atoms with Crippen LogP contribution in [-0.4, -0.2) is 41.1 Å². The Morgan fingerprint density at radius 2 is 2.33 bits per heavy atom. The van der Waals surface area contributed by atoms with E-state index in [0.717, 1.165) is 6.54 Å². The fourth-order valence-corrected chi connectivity index (χ4v) is 2.09. The standard InChI is InChI=1S/C9H14ClN5/c1-5(2)3-15-4-12-8-6(15)7(10)13-9(11)14-8/h4-6,8H,3H2,1-2H3,(H2,11,14). The highest BCUT2D eigenvalue weighted by Crippen LogP contribution is 2.22. The van der Waals surface area contributed by atoms with Gasteiger partial charge in [-0.2, -0.15) is 0 Å². The van der Waals surface area contributed by atoms with Gasteiger partial charge in [-0.1, -0.05) is 25.4 Å². The summed E-state index contributed by atoms with van der Waals surface area (Å²) in [4.78, 5) is 14.4. The van der Waals surface area contributed by atoms with Gasteiger partial charge >= 0.3 is 0 Å². The van der Waals surface area contributed by atoms with Crippen molar-refractivity contribution in [3.05, 3.63) is 0 Å². The van der Waals surface area contributed by atoms with E-state index >= 15 is 0 Å². The molecule has 15 heavy (non-hydrogen) atoms. The van der Waals surface area contributed by atoms with Crippen LogP contribution in [0.25, 0.3) is 0 Å². The summed E-state index contributed by atoms with van der Waals surface area (Å²) in [5.74, 6) is 0.757. The first-order valence-electron chi connectivity index (χ1n) is 4.94. The van der Waals surface area contributed by atoms with Gasteiger partial charge in [0.05, 0.1) is 6.34 Å². The fraction of sp³-hybridized carbons (Fsp3) is 0.667. The summed E-state index contributed by atoms with van der Waals surface area (Å²) < 4.78 is 0. The van der Waals surface area contributed by atoms with Crippen molar-refractivity contribution in [2.24, 2.45) is 26.6 Å². The minimum Gasteiger partial charge on any atom is -0.368 e. The third-order valence-electron chi connectivity index (χ3n) is 2.31. The lowest BCUT2D eigenvalue weighted by atomic mass is 10.1. The maximum Gasteiger partial charge on any atom is 0.218 e. The Kier molecular flexibility index (Phi) is 2.65. The SMILES string of the molecule is CC(C)CN1C=NC2N=C(N)N=C(Cl)C21. The minimum absolute atomic E-state index is 0.0543. The molecule has 0 radical (unpaired) electrons. The number of rotatable bonds is 2. The lowest BCUT2D eigenvalue weighted by Crippen LogP contribution is -2.45. The number of nitrogens with zero attached hydrogens (tertiary/aromatic N) is 4. The van der Waals surface area contributed by atoms with Crippen LogP contribution in [0.4, 0.5) is 0 Å². The summed E-state index contributed by atoms with van der Waals surface area (Å²) in [5, 5.41) is 0.477. The Balaban J connectivity index is 2.17. The van der Waals surface area contributed by atoms with Crippen molar-refractivity contribution in [1.29, 1.82) is 0 Å². The first-order chi connectivity index (χ1) is 7.08. The van der Waals surface area contributed by atoms with E-state index in [1.807, 2.05) is 0 Å². The summed E-state index contributed by atoms with van der Waals surface area (Å²) in [5.41, 5.74) is 5.51. The molecule has 0 aliphatic carbocycles. The van der Waals surface area contributed by atoms with Gasteiger partial charge in [0, 0.05) is 6.54 Å². The number of halogens is 1. The molecule has 0 saturated heterocycles. The van der Waals surface area contributed by atoms with Crippen molar-refractivity contribution >= 4 is 29.1 Å². The van der Waals surface area contributed by atoms with Crippen LogP contribution in [0.15, 0.2) is 15.0 Å². The zero-order chi connectivity index (χ0) is 11.0. The van der Waals surface area contributed by atoms with Crippen LogP contribution in [0.2, 0.25) is 0 Å². The first-order valence-corrected chi connectivity index (χ1v) is 5.32. The van der Waals surface area contributed by atoms with E-state index in [9.17, 15) is 0 Å². The van der Waals surface area contributed by atoms with E-state index in [1.165, 1.54) is 0 Å². The molecule has 0 aromatic rings. The van der Waals surface area contributed by atoms with Gasteiger partial charge in [-0.3, -0.25) is 0 Å². The zero-order valence-corrected chi connectivity index (χ0v) is 9.52. The molecule has 2 atom stereocenters. The highest BCUT2D eigenvalue weighted by atomic mass is 35.5. The second-order valence-corrected chi connectivity index (χ2v) is 4.52. The van der Waals surface area contributed by atoms with Crippen LogP contribution in [0.5, 0.6) is 0 Å². The van der Waals surface area contributed by atoms with Crippen molar-refractivity contribution in [1.82, 2.24) is 4.90 Å². The van der Waals surface area contributed by atoms with E-state index in [2.05, 4.69) is 33.7 Å². The predicted molar refractivity (Wildman–Crippen MR) is 62.5 cm³/mol. The smallest absolute Gasteiger partial charge is 0.218 e. The summed E-state index contributed by atoms with van der Waals surface area (Å²) in [6, 6.07) is -0.0543. The molecule has 0 fully saturated rings. The monoisotopic (exact) mass is 227 g/mol. The average Bonchev–Trinajstić information content (AvgIpc) is 2.46. The molecule has 2 rings (SSSR count). The van der Waals surface area contributed by atoms with Gasteiger partial charge in [0.2, 0.25) is 5.96 Å². The number of aliphatic imine (C=N–C) groups is 3. The molecule has 82 valence electrons. The first kappa shape index (κ1) is 10.4. The lowest BCUT2D eigenvalue weighted by molar-refractivity contribution is 0.340. The summed E-state index contributed by atoms with van der Waals surface area (Å²) >= 11 is 6.06. The van der Waals surface area contributed by atoms with E-state index in [-0.39, 0.29) is 18.2 Å². The Morgan fingerprint density at radius 1 is 1.60 bits per heavy atom. The van der Waals surface area contributed by atoms with Gasteiger partial charge in [-0.05, 0) is 5.92 Å². The van der Waals surface area contributed by atoms with Crippen LogP contribution in [0.3, 0.4) is 0 Å². The number of hydrogen-bond donors (Lipinski definition) is 1. The number of fused-ring (bicyclic) bond motifs is 1. The highest BCUT2D eigenvalue weighted by molar-refractivity contribution is 6.67. The zero-order valence-electron chi connectivity index (χ0n) is 8.76. The fourth-order valence-electron chi connectivity index (χ4n) is 1.76. The molecule has 0 saturated carbocycles. The third-order valence-corrected chi connectivity index (χ3v) is 2.62. The largest absolute Gasteiger partial charge is 0.368 e. The van der Waals surface area contributed by atoms with E-state index < -0.39 is 0 Å². The Bertz CT molecular complexity index is 346. The molecule has 2 aliphatic rings. The van der Waals surface area contributed by atoms with Crippen molar-refractivity contribution < 1.29 is 0 Å². The molecule has 0 amide bonds. The van der Waals surface area contributed by atoms with E-state index in [0.29, 0.717) is 11.1 Å². The molecule has 0 bridgehead atoms. The second-order valence-electron chi connectivity index (χ2n) is 4.14. The lowest BCUT2D eigenvalue weighted by Gasteiger charge is -2.28. The van der Waals surface area contributed by atoms with Crippen molar-refractivity contribution in [2.45, 2.75) is 26.1 Å². The third kappa shape index (κ3) is 1.97. The Labute approximate surface area is 93.7 Å². The van der Waals surface area contributed by atoms with Crippen LogP contribution < -0.4 is 5.73 Å². The van der Waals surface area contributed by atoms with E-state index in [1.54, 1.807) is 6.34 Å². The van der Waals surface area contributed by atoms with Crippen LogP contribution in [0.1, 0.15) is 13.8 Å². The summed E-state index contributed by atoms with van der Waals surface area (Å²) in [7, 11) is 0. The predicted octanol–water partition coefficient (Wildman–Crippen LogP) is 0.647. The number of hydrogen-bond acceptors (Lipinski definition) is 5. The molecule has 0 aromatic carbocycles. The number of guanidine groups is 1. The second kappa shape index (κ2) is 3.81. The highest BCUT2D eigenvalue weighted by Gasteiger charge is 2.36. The quantitative estimate of drug-likeness (QED) is 0.753. The molecule has 2 aliphatic heterocycles. The molecule has 2 heterocycles. The van der Waals surface area contributed by atoms with Gasteiger partial charge in [0.1, 0.15) is 11.2 Å². The van der Waals surface area contributed by atoms with Crippen LogP contribution in [-0.2, 0) is 0 Å². The maximum absolute atomic E-state index is 6.06. The van der Waals surface area contributed by atoms with Gasteiger partial charge in [0.15, 0.2) is 6.17 Å². The Morgan fingerprint density at radius 3 is 3.00 bits per heavy atom. The topological polar surface area (TPSA) is 66.3 Å². The maximum atomic E-state index is 6.06. The van der Waals surface area contributed by atoms with Crippen molar-refractivity contribution in [3.63, 3.8) is 0 Å². The summed E-state index contributed by atoms with van der Waals surface area (Å²) in [6.45, 7) is 5.19. The minimum atomic E-state index is -0.214. The van der Waals surface area contributed by atoms with Crippen LogP contribution >= 0.6 is 11.6 Å². The molecular weight excluding hydrogens is 214 g/mol. The molecule has 5 nitrogen and oxygen atoms in total. The van der Waals surface area contributed by atoms with E-state index in [4.69, 9.17) is 17.3 Å². The number of nitrogens with two attached hydrogens (primary N) is 1.